The molecule has 0 aliphatic heterocycles. The topological polar surface area (TPSA) is 55.8 Å². The summed E-state index contributed by atoms with van der Waals surface area (Å²) in [5.41, 5.74) is -0.660. The molecule has 0 saturated carbocycles. The molecule has 0 aromatic carbocycles. The lowest BCUT2D eigenvalue weighted by atomic mass is 10.2. The van der Waals surface area contributed by atoms with Gasteiger partial charge in [0.2, 0.25) is 0 Å². The van der Waals surface area contributed by atoms with E-state index >= 15 is 0 Å². The summed E-state index contributed by atoms with van der Waals surface area (Å²) in [6.45, 7) is 7.60. The largest absolute Gasteiger partial charge is 0.472 e. The van der Waals surface area contributed by atoms with Crippen molar-refractivity contribution in [2.24, 2.45) is 0 Å². The molecule has 16 heavy (non-hydrogen) atoms. The first kappa shape index (κ1) is 16.1. The van der Waals surface area contributed by atoms with Crippen LogP contribution in [0, 0.1) is 0 Å². The fourth-order valence-electron chi connectivity index (χ4n) is 1.26. The summed E-state index contributed by atoms with van der Waals surface area (Å²) in [5, 5.41) is 0. The smallest absolute Gasteiger partial charge is 0.302 e. The molecule has 0 amide bonds. The third kappa shape index (κ3) is 10.6. The van der Waals surface area contributed by atoms with Crippen LogP contribution in [0.2, 0.25) is 0 Å². The van der Waals surface area contributed by atoms with E-state index in [-0.39, 0.29) is 6.61 Å². The first-order valence-corrected chi connectivity index (χ1v) is 7.44. The predicted molar refractivity (Wildman–Crippen MR) is 65.4 cm³/mol. The number of rotatable bonds is 8. The van der Waals surface area contributed by atoms with Gasteiger partial charge in [0.1, 0.15) is 0 Å². The van der Waals surface area contributed by atoms with Gasteiger partial charge in [-0.25, -0.2) is 4.57 Å². The lowest BCUT2D eigenvalue weighted by molar-refractivity contribution is 0.0611. The van der Waals surface area contributed by atoms with Crippen molar-refractivity contribution in [3.05, 3.63) is 0 Å². The third-order valence-corrected chi connectivity index (χ3v) is 3.18. The Hall–Kier alpha value is 0.110. The van der Waals surface area contributed by atoms with E-state index in [0.717, 1.165) is 19.3 Å². The second-order valence-electron chi connectivity index (χ2n) is 4.92. The van der Waals surface area contributed by atoms with Crippen LogP contribution < -0.4 is 0 Å². The van der Waals surface area contributed by atoms with Crippen molar-refractivity contribution in [1.82, 2.24) is 0 Å². The van der Waals surface area contributed by atoms with Crippen molar-refractivity contribution in [3.63, 3.8) is 0 Å². The minimum absolute atomic E-state index is 0.285. The van der Waals surface area contributed by atoms with E-state index in [9.17, 15) is 9.46 Å². The molecule has 0 spiro atoms. The fourth-order valence-corrected chi connectivity index (χ4v) is 2.36. The molecular weight excluding hydrogens is 227 g/mol. The second-order valence-corrected chi connectivity index (χ2v) is 6.30. The van der Waals surface area contributed by atoms with Gasteiger partial charge in [0.15, 0.2) is 0 Å². The molecule has 5 heteroatoms. The maximum Gasteiger partial charge on any atom is 0.472 e. The van der Waals surface area contributed by atoms with Crippen LogP contribution in [-0.2, 0) is 13.6 Å². The van der Waals surface area contributed by atoms with Crippen LogP contribution in [0.5, 0.6) is 0 Å². The highest BCUT2D eigenvalue weighted by Gasteiger charge is 2.28. The van der Waals surface area contributed by atoms with Crippen LogP contribution in [0.4, 0.5) is 0 Å². The van der Waals surface area contributed by atoms with Gasteiger partial charge in [0, 0.05) is 0 Å². The molecule has 1 unspecified atom stereocenters. The van der Waals surface area contributed by atoms with E-state index in [4.69, 9.17) is 9.05 Å². The van der Waals surface area contributed by atoms with Gasteiger partial charge in [-0.15, -0.1) is 0 Å². The molecule has 0 fully saturated rings. The zero-order valence-corrected chi connectivity index (χ0v) is 11.8. The van der Waals surface area contributed by atoms with Gasteiger partial charge >= 0.3 is 7.82 Å². The molecule has 0 aromatic rings. The molecule has 0 aliphatic rings. The second kappa shape index (κ2) is 7.44. The van der Waals surface area contributed by atoms with Crippen molar-refractivity contribution in [2.45, 2.75) is 65.4 Å². The summed E-state index contributed by atoms with van der Waals surface area (Å²) < 4.78 is 21.2. The van der Waals surface area contributed by atoms with Gasteiger partial charge in [-0.3, -0.25) is 9.05 Å². The number of unbranched alkanes of at least 4 members (excludes halogenated alkanes) is 4. The summed E-state index contributed by atoms with van der Waals surface area (Å²) in [5.74, 6) is 0. The van der Waals surface area contributed by atoms with Crippen LogP contribution in [0.15, 0.2) is 0 Å². The number of hydrogen-bond donors (Lipinski definition) is 1. The summed E-state index contributed by atoms with van der Waals surface area (Å²) in [7, 11) is -3.87. The molecule has 4 nitrogen and oxygen atoms in total. The lowest BCUT2D eigenvalue weighted by Gasteiger charge is -2.22. The standard InChI is InChI=1S/C11H25O4P/c1-5-6-7-8-9-10-14-16(12,13)15-11(2,3)4/h5-10H2,1-4H3,(H,12,13). The molecule has 0 heterocycles. The molecule has 0 saturated heterocycles. The van der Waals surface area contributed by atoms with Crippen LogP contribution in [-0.4, -0.2) is 17.1 Å². The Morgan fingerprint density at radius 3 is 2.19 bits per heavy atom. The van der Waals surface area contributed by atoms with Gasteiger partial charge in [0.25, 0.3) is 0 Å². The maximum atomic E-state index is 11.4. The summed E-state index contributed by atoms with van der Waals surface area (Å²) >= 11 is 0. The number of hydrogen-bond acceptors (Lipinski definition) is 3. The molecule has 0 aliphatic carbocycles. The average molecular weight is 252 g/mol. The Labute approximate surface area is 99.0 Å². The van der Waals surface area contributed by atoms with Crippen molar-refractivity contribution < 1.29 is 18.5 Å². The summed E-state index contributed by atoms with van der Waals surface area (Å²) in [6, 6.07) is 0. The third-order valence-electron chi connectivity index (χ3n) is 1.89. The van der Waals surface area contributed by atoms with Gasteiger partial charge in [0.05, 0.1) is 12.2 Å². The number of phosphoric ester groups is 1. The predicted octanol–water partition coefficient (Wildman–Crippen LogP) is 3.89. The molecule has 98 valence electrons. The minimum Gasteiger partial charge on any atom is -0.302 e. The molecular formula is C11H25O4P. The van der Waals surface area contributed by atoms with E-state index in [1.54, 1.807) is 20.8 Å². The first-order valence-electron chi connectivity index (χ1n) is 5.95. The zero-order valence-electron chi connectivity index (χ0n) is 10.9. The highest BCUT2D eigenvalue weighted by molar-refractivity contribution is 7.47. The van der Waals surface area contributed by atoms with Crippen LogP contribution in [0.1, 0.15) is 59.8 Å². The molecule has 0 rings (SSSR count). The monoisotopic (exact) mass is 252 g/mol. The van der Waals surface area contributed by atoms with Gasteiger partial charge in [-0.2, -0.15) is 0 Å². The van der Waals surface area contributed by atoms with E-state index in [2.05, 4.69) is 6.92 Å². The SMILES string of the molecule is CCCCCCCOP(=O)(O)OC(C)(C)C. The van der Waals surface area contributed by atoms with Gasteiger partial charge < -0.3 is 4.89 Å². The van der Waals surface area contributed by atoms with Crippen molar-refractivity contribution in [2.75, 3.05) is 6.61 Å². The molecule has 0 radical (unpaired) electrons. The van der Waals surface area contributed by atoms with E-state index in [0.29, 0.717) is 0 Å². The normalized spacial score (nSPS) is 16.1. The first-order chi connectivity index (χ1) is 7.27. The highest BCUT2D eigenvalue weighted by Crippen LogP contribution is 2.47. The van der Waals surface area contributed by atoms with Crippen molar-refractivity contribution >= 4 is 7.82 Å². The number of phosphoric acid groups is 1. The highest BCUT2D eigenvalue weighted by atomic mass is 31.2. The quantitative estimate of drug-likeness (QED) is 0.526. The summed E-state index contributed by atoms with van der Waals surface area (Å²) in [6.07, 6.45) is 5.37. The Morgan fingerprint density at radius 2 is 1.69 bits per heavy atom. The Bertz CT molecular complexity index is 223. The summed E-state index contributed by atoms with van der Waals surface area (Å²) in [4.78, 5) is 9.36. The molecule has 0 aromatic heterocycles. The lowest BCUT2D eigenvalue weighted by Crippen LogP contribution is -2.18. The van der Waals surface area contributed by atoms with E-state index < -0.39 is 13.4 Å². The Kier molecular flexibility index (Phi) is 7.49. The van der Waals surface area contributed by atoms with Crippen LogP contribution >= 0.6 is 7.82 Å². The van der Waals surface area contributed by atoms with Gasteiger partial charge in [-0.1, -0.05) is 32.6 Å². The van der Waals surface area contributed by atoms with Crippen LogP contribution in [0.25, 0.3) is 0 Å². The fraction of sp³-hybridized carbons (Fsp3) is 1.00. The molecule has 1 atom stereocenters. The average Bonchev–Trinajstić information content (AvgIpc) is 2.06. The van der Waals surface area contributed by atoms with Gasteiger partial charge in [-0.05, 0) is 27.2 Å². The van der Waals surface area contributed by atoms with Crippen LogP contribution in [0.3, 0.4) is 0 Å². The zero-order chi connectivity index (χ0) is 12.7. The Morgan fingerprint density at radius 1 is 1.12 bits per heavy atom. The molecule has 0 bridgehead atoms. The van der Waals surface area contributed by atoms with E-state index in [1.165, 1.54) is 12.8 Å². The Balaban J connectivity index is 3.63. The van der Waals surface area contributed by atoms with E-state index in [1.807, 2.05) is 0 Å². The maximum absolute atomic E-state index is 11.4. The minimum atomic E-state index is -3.87. The van der Waals surface area contributed by atoms with Crippen molar-refractivity contribution in [3.8, 4) is 0 Å². The molecule has 1 N–H and O–H groups in total. The van der Waals surface area contributed by atoms with Crippen molar-refractivity contribution in [1.29, 1.82) is 0 Å².